The summed E-state index contributed by atoms with van der Waals surface area (Å²) in [4.78, 5) is 21.9. The molecule has 2 aliphatic rings. The molecule has 1 atom stereocenters. The maximum atomic E-state index is 15.2. The number of likely N-dealkylation sites (tertiary alicyclic amines) is 1. The molecule has 0 aliphatic carbocycles. The first kappa shape index (κ1) is 26.8. The quantitative estimate of drug-likeness (QED) is 0.460. The average Bonchev–Trinajstić information content (AvgIpc) is 3.16. The standard InChI is InChI=1S/C30H39F2N5O/c1-6-36(18(2)3)30(38)27-14-24(31)7-8-25(27)26-13-22(17-37-20(5)34-29(32)28(26)37)23-15-35(16-23)19(4)21-9-11-33-12-10-21/h7-8,13-14,17-19,21,23,33H,6,9-12,15-16H2,1-5H3/t19-/m0/s1. The second-order valence-electron chi connectivity index (χ2n) is 11.2. The highest BCUT2D eigenvalue weighted by Crippen LogP contribution is 2.38. The summed E-state index contributed by atoms with van der Waals surface area (Å²) in [5, 5.41) is 3.45. The third-order valence-electron chi connectivity index (χ3n) is 8.64. The van der Waals surface area contributed by atoms with Crippen LogP contribution < -0.4 is 5.32 Å². The molecule has 8 heteroatoms. The van der Waals surface area contributed by atoms with Gasteiger partial charge in [-0.05, 0) is 95.8 Å². The number of fused-ring (bicyclic) bond motifs is 1. The van der Waals surface area contributed by atoms with Crippen LogP contribution in [0.4, 0.5) is 8.78 Å². The Morgan fingerprint density at radius 1 is 1.13 bits per heavy atom. The van der Waals surface area contributed by atoms with Gasteiger partial charge in [0.1, 0.15) is 17.2 Å². The second kappa shape index (κ2) is 10.7. The van der Waals surface area contributed by atoms with E-state index in [2.05, 4.69) is 22.1 Å². The molecule has 2 saturated heterocycles. The van der Waals surface area contributed by atoms with Crippen LogP contribution in [0.15, 0.2) is 30.5 Å². The number of benzene rings is 1. The molecule has 5 rings (SSSR count). The molecule has 1 aromatic carbocycles. The fourth-order valence-corrected chi connectivity index (χ4v) is 6.27. The van der Waals surface area contributed by atoms with Gasteiger partial charge >= 0.3 is 0 Å². The molecular weight excluding hydrogens is 484 g/mol. The Kier molecular flexibility index (Phi) is 7.56. The highest BCUT2D eigenvalue weighted by atomic mass is 19.1. The Labute approximate surface area is 224 Å². The number of nitrogens with one attached hydrogen (secondary N) is 1. The van der Waals surface area contributed by atoms with Crippen LogP contribution in [-0.4, -0.2) is 69.9 Å². The molecule has 0 bridgehead atoms. The molecule has 3 aromatic rings. The van der Waals surface area contributed by atoms with E-state index in [1.807, 2.05) is 33.0 Å². The number of imidazole rings is 1. The van der Waals surface area contributed by atoms with Gasteiger partial charge in [0.05, 0.1) is 5.56 Å². The largest absolute Gasteiger partial charge is 0.336 e. The molecule has 0 unspecified atom stereocenters. The Balaban J connectivity index is 1.54. The van der Waals surface area contributed by atoms with Crippen LogP contribution in [0.1, 0.15) is 68.2 Å². The van der Waals surface area contributed by atoms with Gasteiger partial charge in [-0.25, -0.2) is 9.37 Å². The lowest BCUT2D eigenvalue weighted by Crippen LogP contribution is -2.53. The van der Waals surface area contributed by atoms with Crippen LogP contribution in [0.2, 0.25) is 0 Å². The number of pyridine rings is 1. The van der Waals surface area contributed by atoms with Crippen LogP contribution >= 0.6 is 0 Å². The first-order chi connectivity index (χ1) is 18.2. The summed E-state index contributed by atoms with van der Waals surface area (Å²) in [5.74, 6) is 0.216. The number of amides is 1. The van der Waals surface area contributed by atoms with E-state index in [9.17, 15) is 9.18 Å². The smallest absolute Gasteiger partial charge is 0.254 e. The lowest BCUT2D eigenvalue weighted by atomic mass is 9.84. The van der Waals surface area contributed by atoms with Gasteiger partial charge in [0.25, 0.3) is 5.91 Å². The molecule has 204 valence electrons. The molecule has 38 heavy (non-hydrogen) atoms. The monoisotopic (exact) mass is 523 g/mol. The molecule has 6 nitrogen and oxygen atoms in total. The summed E-state index contributed by atoms with van der Waals surface area (Å²) in [6.45, 7) is 14.4. The van der Waals surface area contributed by atoms with Crippen molar-refractivity contribution >= 4 is 11.4 Å². The molecule has 0 saturated carbocycles. The number of hydrogen-bond donors (Lipinski definition) is 1. The lowest BCUT2D eigenvalue weighted by Gasteiger charge is -2.47. The molecule has 2 aromatic heterocycles. The van der Waals surface area contributed by atoms with E-state index >= 15 is 4.39 Å². The van der Waals surface area contributed by atoms with Crippen LogP contribution in [0, 0.1) is 24.6 Å². The predicted octanol–water partition coefficient (Wildman–Crippen LogP) is 5.25. The van der Waals surface area contributed by atoms with Crippen molar-refractivity contribution in [3.05, 3.63) is 59.2 Å². The molecule has 1 amide bonds. The predicted molar refractivity (Wildman–Crippen MR) is 146 cm³/mol. The molecule has 1 N–H and O–H groups in total. The summed E-state index contributed by atoms with van der Waals surface area (Å²) in [7, 11) is 0. The summed E-state index contributed by atoms with van der Waals surface area (Å²) in [6, 6.07) is 6.69. The van der Waals surface area contributed by atoms with Gasteiger partial charge in [-0.15, -0.1) is 0 Å². The summed E-state index contributed by atoms with van der Waals surface area (Å²) in [5.41, 5.74) is 2.75. The van der Waals surface area contributed by atoms with Crippen LogP contribution in [-0.2, 0) is 0 Å². The topological polar surface area (TPSA) is 52.9 Å². The third kappa shape index (κ3) is 4.84. The fraction of sp³-hybridized carbons (Fsp3) is 0.533. The normalized spacial score (nSPS) is 18.2. The zero-order valence-electron chi connectivity index (χ0n) is 23.1. The summed E-state index contributed by atoms with van der Waals surface area (Å²) in [6.07, 6.45) is 4.40. The lowest BCUT2D eigenvalue weighted by molar-refractivity contribution is 0.0565. The number of rotatable bonds is 7. The highest BCUT2D eigenvalue weighted by Gasteiger charge is 2.36. The van der Waals surface area contributed by atoms with Crippen molar-refractivity contribution in [3.63, 3.8) is 0 Å². The minimum atomic E-state index is -0.585. The first-order valence-electron chi connectivity index (χ1n) is 13.9. The van der Waals surface area contributed by atoms with Gasteiger partial charge in [0.2, 0.25) is 5.95 Å². The second-order valence-corrected chi connectivity index (χ2v) is 11.2. The van der Waals surface area contributed by atoms with E-state index in [0.717, 1.165) is 31.7 Å². The third-order valence-corrected chi connectivity index (χ3v) is 8.64. The number of hydrogen-bond acceptors (Lipinski definition) is 4. The van der Waals surface area contributed by atoms with E-state index in [4.69, 9.17) is 0 Å². The van der Waals surface area contributed by atoms with Crippen molar-refractivity contribution in [1.29, 1.82) is 0 Å². The van der Waals surface area contributed by atoms with Crippen molar-refractivity contribution in [2.24, 2.45) is 5.92 Å². The van der Waals surface area contributed by atoms with Crippen molar-refractivity contribution < 1.29 is 13.6 Å². The van der Waals surface area contributed by atoms with E-state index in [1.165, 1.54) is 25.0 Å². The van der Waals surface area contributed by atoms with Gasteiger partial charge in [0.15, 0.2) is 0 Å². The Morgan fingerprint density at radius 2 is 1.84 bits per heavy atom. The number of aryl methyl sites for hydroxylation is 1. The van der Waals surface area contributed by atoms with E-state index in [1.54, 1.807) is 22.3 Å². The van der Waals surface area contributed by atoms with E-state index in [0.29, 0.717) is 46.9 Å². The van der Waals surface area contributed by atoms with Crippen molar-refractivity contribution in [1.82, 2.24) is 24.5 Å². The number of carbonyl (C=O) groups excluding carboxylic acids is 1. The molecule has 2 fully saturated rings. The van der Waals surface area contributed by atoms with E-state index < -0.39 is 11.8 Å². The fourth-order valence-electron chi connectivity index (χ4n) is 6.27. The van der Waals surface area contributed by atoms with Gasteiger partial charge < -0.3 is 14.6 Å². The molecular formula is C30H39F2N5O. The Bertz CT molecular complexity index is 1320. The molecule has 2 aliphatic heterocycles. The minimum Gasteiger partial charge on any atom is -0.336 e. The zero-order chi connectivity index (χ0) is 27.1. The van der Waals surface area contributed by atoms with Gasteiger partial charge in [-0.3, -0.25) is 9.69 Å². The SMILES string of the molecule is CCN(C(=O)c1cc(F)ccc1-c1cc(C2CN([C@@H](C)C3CCNCC3)C2)cn2c(C)nc(F)c12)C(C)C. The number of halogens is 2. The Morgan fingerprint density at radius 3 is 2.50 bits per heavy atom. The van der Waals surface area contributed by atoms with Crippen LogP contribution in [0.25, 0.3) is 16.6 Å². The Hall–Kier alpha value is -2.84. The number of carbonyl (C=O) groups is 1. The average molecular weight is 524 g/mol. The van der Waals surface area contributed by atoms with Crippen LogP contribution in [0.3, 0.4) is 0 Å². The maximum absolute atomic E-state index is 15.2. The summed E-state index contributed by atoms with van der Waals surface area (Å²) >= 11 is 0. The van der Waals surface area contributed by atoms with Crippen molar-refractivity contribution in [2.45, 2.75) is 65.5 Å². The van der Waals surface area contributed by atoms with Gasteiger partial charge in [0, 0.05) is 49.4 Å². The molecule has 4 heterocycles. The van der Waals surface area contributed by atoms with Gasteiger partial charge in [-0.1, -0.05) is 6.07 Å². The molecule has 0 radical (unpaired) electrons. The summed E-state index contributed by atoms with van der Waals surface area (Å²) < 4.78 is 31.5. The maximum Gasteiger partial charge on any atom is 0.254 e. The first-order valence-corrected chi connectivity index (χ1v) is 13.9. The number of piperidine rings is 1. The highest BCUT2D eigenvalue weighted by molar-refractivity contribution is 6.03. The number of nitrogens with zero attached hydrogens (tertiary/aromatic N) is 4. The molecule has 0 spiro atoms. The van der Waals surface area contributed by atoms with Crippen LogP contribution in [0.5, 0.6) is 0 Å². The van der Waals surface area contributed by atoms with E-state index in [-0.39, 0.29) is 17.5 Å². The van der Waals surface area contributed by atoms with Crippen molar-refractivity contribution in [2.75, 3.05) is 32.7 Å². The van der Waals surface area contributed by atoms with Crippen molar-refractivity contribution in [3.8, 4) is 11.1 Å². The minimum absolute atomic E-state index is 0.0492. The zero-order valence-corrected chi connectivity index (χ0v) is 23.1. The van der Waals surface area contributed by atoms with Gasteiger partial charge in [-0.2, -0.15) is 4.39 Å². The number of aromatic nitrogens is 2.